The van der Waals surface area contributed by atoms with Gasteiger partial charge in [-0.25, -0.2) is 4.98 Å². The minimum absolute atomic E-state index is 0.134. The zero-order chi connectivity index (χ0) is 25.0. The molecular weight excluding hydrogens is 464 g/mol. The molecule has 8 heteroatoms. The van der Waals surface area contributed by atoms with Crippen molar-refractivity contribution in [2.24, 2.45) is 5.41 Å². The first kappa shape index (κ1) is 24.2. The van der Waals surface area contributed by atoms with E-state index in [1.807, 2.05) is 62.4 Å². The first-order valence-electron chi connectivity index (χ1n) is 11.1. The minimum atomic E-state index is -0.630. The summed E-state index contributed by atoms with van der Waals surface area (Å²) in [5, 5.41) is 9.39. The number of aromatic nitrogens is 1. The van der Waals surface area contributed by atoms with Gasteiger partial charge < -0.3 is 16.0 Å². The Bertz CT molecular complexity index is 1400. The predicted molar refractivity (Wildman–Crippen MR) is 139 cm³/mol. The van der Waals surface area contributed by atoms with Crippen molar-refractivity contribution in [1.29, 1.82) is 0 Å². The van der Waals surface area contributed by atoms with Gasteiger partial charge in [-0.05, 0) is 29.8 Å². The fourth-order valence-corrected chi connectivity index (χ4v) is 4.05. The van der Waals surface area contributed by atoms with Crippen LogP contribution in [-0.4, -0.2) is 17.4 Å². The molecular formula is C27H25ClN4O3. The monoisotopic (exact) mass is 488 g/mol. The topological polar surface area (TPSA) is 100 Å². The minimum Gasteiger partial charge on any atom is -0.373 e. The van der Waals surface area contributed by atoms with E-state index in [0.29, 0.717) is 17.8 Å². The second-order valence-corrected chi connectivity index (χ2v) is 9.26. The lowest BCUT2D eigenvalue weighted by atomic mass is 9.79. The summed E-state index contributed by atoms with van der Waals surface area (Å²) in [4.78, 5) is 41.6. The number of hydrogen-bond donors (Lipinski definition) is 3. The Labute approximate surface area is 207 Å². The molecule has 4 aromatic rings. The van der Waals surface area contributed by atoms with E-state index >= 15 is 0 Å². The van der Waals surface area contributed by atoms with Crippen LogP contribution >= 0.6 is 11.6 Å². The highest BCUT2D eigenvalue weighted by Gasteiger charge is 2.34. The number of pyridine rings is 1. The Balaban J connectivity index is 1.61. The molecule has 0 spiro atoms. The summed E-state index contributed by atoms with van der Waals surface area (Å²) in [5.74, 6) is -0.187. The highest BCUT2D eigenvalue weighted by molar-refractivity contribution is 6.32. The highest BCUT2D eigenvalue weighted by atomic mass is 35.5. The normalized spacial score (nSPS) is 12.2. The number of halogens is 1. The Morgan fingerprint density at radius 2 is 1.54 bits per heavy atom. The molecule has 0 saturated carbocycles. The molecule has 0 bridgehead atoms. The van der Waals surface area contributed by atoms with Crippen LogP contribution in [0.25, 0.3) is 0 Å². The summed E-state index contributed by atoms with van der Waals surface area (Å²) in [6, 6.07) is 21.5. The molecule has 1 heterocycles. The van der Waals surface area contributed by atoms with Crippen LogP contribution in [0.1, 0.15) is 35.8 Å². The van der Waals surface area contributed by atoms with Crippen LogP contribution in [0.15, 0.2) is 88.6 Å². The molecule has 0 saturated heterocycles. The lowest BCUT2D eigenvalue weighted by Gasteiger charge is -2.37. The maximum atomic E-state index is 12.7. The average molecular weight is 489 g/mol. The molecule has 3 aromatic carbocycles. The van der Waals surface area contributed by atoms with Crippen LogP contribution in [0, 0.1) is 5.41 Å². The summed E-state index contributed by atoms with van der Waals surface area (Å²) in [6.07, 6.45) is 1.53. The van der Waals surface area contributed by atoms with E-state index in [-0.39, 0.29) is 22.4 Å². The van der Waals surface area contributed by atoms with Crippen LogP contribution in [0.3, 0.4) is 0 Å². The van der Waals surface area contributed by atoms with Gasteiger partial charge in [0.05, 0.1) is 11.7 Å². The van der Waals surface area contributed by atoms with Gasteiger partial charge in [-0.15, -0.1) is 0 Å². The summed E-state index contributed by atoms with van der Waals surface area (Å²) in [6.45, 7) is 4.29. The molecule has 1 amide bonds. The maximum absolute atomic E-state index is 12.7. The van der Waals surface area contributed by atoms with Gasteiger partial charge in [-0.1, -0.05) is 74.0 Å². The van der Waals surface area contributed by atoms with Crippen molar-refractivity contribution >= 4 is 34.6 Å². The van der Waals surface area contributed by atoms with Gasteiger partial charge in [-0.3, -0.25) is 14.4 Å². The van der Waals surface area contributed by atoms with Crippen molar-refractivity contribution in [3.05, 3.63) is 116 Å². The average Bonchev–Trinajstić information content (AvgIpc) is 2.88. The van der Waals surface area contributed by atoms with Crippen LogP contribution in [-0.2, 0) is 0 Å². The molecule has 35 heavy (non-hydrogen) atoms. The van der Waals surface area contributed by atoms with E-state index in [0.717, 1.165) is 5.56 Å². The fourth-order valence-electron chi connectivity index (χ4n) is 3.88. The maximum Gasteiger partial charge on any atom is 0.253 e. The zero-order valence-electron chi connectivity index (χ0n) is 19.3. The summed E-state index contributed by atoms with van der Waals surface area (Å²) in [7, 11) is 0. The summed E-state index contributed by atoms with van der Waals surface area (Å²) in [5.41, 5.74) is 0.414. The fraction of sp³-hybridized carbons (Fsp3) is 0.185. The van der Waals surface area contributed by atoms with E-state index in [1.165, 1.54) is 6.20 Å². The number of hydrogen-bond acceptors (Lipinski definition) is 6. The van der Waals surface area contributed by atoms with Gasteiger partial charge in [0.2, 0.25) is 0 Å². The number of rotatable bonds is 9. The van der Waals surface area contributed by atoms with E-state index in [4.69, 9.17) is 11.6 Å². The van der Waals surface area contributed by atoms with Crippen molar-refractivity contribution < 1.29 is 4.79 Å². The first-order chi connectivity index (χ1) is 16.8. The van der Waals surface area contributed by atoms with Gasteiger partial charge in [0.15, 0.2) is 5.15 Å². The lowest BCUT2D eigenvalue weighted by molar-refractivity contribution is 0.0932. The number of carbonyl (C=O) groups is 1. The molecule has 7 nitrogen and oxygen atoms in total. The van der Waals surface area contributed by atoms with Crippen LogP contribution in [0.2, 0.25) is 5.15 Å². The lowest BCUT2D eigenvalue weighted by Crippen LogP contribution is -2.43. The molecule has 3 N–H and O–H groups in total. The van der Waals surface area contributed by atoms with E-state index in [1.54, 1.807) is 24.3 Å². The molecule has 0 aliphatic heterocycles. The Morgan fingerprint density at radius 1 is 0.914 bits per heavy atom. The molecule has 178 valence electrons. The summed E-state index contributed by atoms with van der Waals surface area (Å²) < 4.78 is 0. The second-order valence-electron chi connectivity index (χ2n) is 8.90. The number of anilines is 3. The Kier molecular flexibility index (Phi) is 6.98. The van der Waals surface area contributed by atoms with Crippen LogP contribution < -0.4 is 26.8 Å². The molecule has 1 atom stereocenters. The molecule has 4 rings (SSSR count). The molecule has 1 unspecified atom stereocenters. The van der Waals surface area contributed by atoms with Gasteiger partial charge in [-0.2, -0.15) is 0 Å². The predicted octanol–water partition coefficient (Wildman–Crippen LogP) is 4.68. The summed E-state index contributed by atoms with van der Waals surface area (Å²) >= 11 is 6.12. The van der Waals surface area contributed by atoms with E-state index < -0.39 is 22.3 Å². The van der Waals surface area contributed by atoms with Gasteiger partial charge in [0.1, 0.15) is 11.4 Å². The highest BCUT2D eigenvalue weighted by Crippen LogP contribution is 2.37. The van der Waals surface area contributed by atoms with Crippen molar-refractivity contribution in [3.8, 4) is 0 Å². The second kappa shape index (κ2) is 10.1. The van der Waals surface area contributed by atoms with Gasteiger partial charge in [0.25, 0.3) is 16.8 Å². The third kappa shape index (κ3) is 5.25. The number of benzene rings is 2. The largest absolute Gasteiger partial charge is 0.373 e. The third-order valence-corrected chi connectivity index (χ3v) is 6.17. The zero-order valence-corrected chi connectivity index (χ0v) is 20.1. The molecule has 1 aromatic heterocycles. The van der Waals surface area contributed by atoms with Gasteiger partial charge >= 0.3 is 0 Å². The first-order valence-corrected chi connectivity index (χ1v) is 11.5. The SMILES string of the molecule is CC(C)(CNC(=O)c1ccccc1)C(Nc1c(Nc2cccnc2Cl)c(=O)c1=O)c1ccccc1. The van der Waals surface area contributed by atoms with Crippen molar-refractivity contribution in [1.82, 2.24) is 10.3 Å². The number of nitrogens with one attached hydrogen (secondary N) is 3. The van der Waals surface area contributed by atoms with Crippen LogP contribution in [0.5, 0.6) is 0 Å². The molecule has 0 fully saturated rings. The van der Waals surface area contributed by atoms with Crippen molar-refractivity contribution in [2.75, 3.05) is 17.2 Å². The van der Waals surface area contributed by atoms with Crippen molar-refractivity contribution in [3.63, 3.8) is 0 Å². The number of nitrogens with zero attached hydrogens (tertiary/aromatic N) is 1. The quantitative estimate of drug-likeness (QED) is 0.233. The Morgan fingerprint density at radius 3 is 2.20 bits per heavy atom. The van der Waals surface area contributed by atoms with E-state index in [9.17, 15) is 14.4 Å². The number of amides is 1. The van der Waals surface area contributed by atoms with Crippen molar-refractivity contribution in [2.45, 2.75) is 19.9 Å². The smallest absolute Gasteiger partial charge is 0.253 e. The standard InChI is InChI=1S/C27H25ClN4O3/c1-27(2,16-30-26(35)18-12-7-4-8-13-18)24(17-10-5-3-6-11-17)32-21-20(22(33)23(21)34)31-19-14-9-15-29-25(19)28/h3-15,24,31-32H,16H2,1-2H3,(H,30,35). The van der Waals surface area contributed by atoms with Gasteiger partial charge in [0, 0.05) is 23.7 Å². The van der Waals surface area contributed by atoms with E-state index in [2.05, 4.69) is 20.9 Å². The Hall–Kier alpha value is -3.97. The number of carbonyl (C=O) groups excluding carboxylic acids is 1. The molecule has 0 aliphatic rings. The third-order valence-electron chi connectivity index (χ3n) is 5.87. The molecule has 0 aliphatic carbocycles. The van der Waals surface area contributed by atoms with Crippen LogP contribution in [0.4, 0.5) is 17.1 Å². The molecule has 0 radical (unpaired) electrons.